The van der Waals surface area contributed by atoms with Crippen LogP contribution < -0.4 is 20.7 Å². The molecule has 148 valence electrons. The summed E-state index contributed by atoms with van der Waals surface area (Å²) in [6.07, 6.45) is 7.14. The van der Waals surface area contributed by atoms with Crippen LogP contribution in [0.3, 0.4) is 0 Å². The first-order valence-corrected chi connectivity index (χ1v) is 9.78. The van der Waals surface area contributed by atoms with Gasteiger partial charge in [-0.25, -0.2) is 4.98 Å². The lowest BCUT2D eigenvalue weighted by Gasteiger charge is -2.32. The van der Waals surface area contributed by atoms with E-state index >= 15 is 0 Å². The zero-order valence-electron chi connectivity index (χ0n) is 16.0. The Morgan fingerprint density at radius 1 is 1.07 bits per heavy atom. The van der Waals surface area contributed by atoms with E-state index < -0.39 is 0 Å². The summed E-state index contributed by atoms with van der Waals surface area (Å²) >= 11 is 0. The van der Waals surface area contributed by atoms with E-state index in [1.165, 1.54) is 17.4 Å². The Morgan fingerprint density at radius 3 is 2.50 bits per heavy atom. The van der Waals surface area contributed by atoms with E-state index in [1.807, 2.05) is 11.0 Å². The third kappa shape index (κ3) is 3.83. The summed E-state index contributed by atoms with van der Waals surface area (Å²) in [4.78, 5) is 33.1. The van der Waals surface area contributed by atoms with Gasteiger partial charge in [-0.05, 0) is 37.8 Å². The Kier molecular flexibility index (Phi) is 5.23. The van der Waals surface area contributed by atoms with Gasteiger partial charge in [0.25, 0.3) is 11.5 Å². The minimum Gasteiger partial charge on any atom is -0.355 e. The summed E-state index contributed by atoms with van der Waals surface area (Å²) in [5.41, 5.74) is 0.238. The lowest BCUT2D eigenvalue weighted by Crippen LogP contribution is -2.46. The van der Waals surface area contributed by atoms with Gasteiger partial charge in [-0.3, -0.25) is 9.59 Å². The number of nitrogens with one attached hydrogen (secondary N) is 1. The minimum atomic E-state index is -0.201. The first kappa shape index (κ1) is 18.4. The molecule has 0 aliphatic carbocycles. The van der Waals surface area contributed by atoms with Crippen molar-refractivity contribution in [1.29, 1.82) is 0 Å². The quantitative estimate of drug-likeness (QED) is 0.824. The van der Waals surface area contributed by atoms with Gasteiger partial charge in [-0.1, -0.05) is 0 Å². The summed E-state index contributed by atoms with van der Waals surface area (Å²) in [5, 5.41) is 11.3. The summed E-state index contributed by atoms with van der Waals surface area (Å²) in [6, 6.07) is 3.66. The molecule has 28 heavy (non-hydrogen) atoms. The van der Waals surface area contributed by atoms with E-state index in [0.29, 0.717) is 24.6 Å². The van der Waals surface area contributed by atoms with Gasteiger partial charge in [0.05, 0.1) is 0 Å². The molecule has 2 aliphatic rings. The molecule has 0 spiro atoms. The molecule has 9 nitrogen and oxygen atoms in total. The smallest absolute Gasteiger partial charge is 0.293 e. The molecule has 2 aromatic heterocycles. The largest absolute Gasteiger partial charge is 0.355 e. The van der Waals surface area contributed by atoms with Crippen molar-refractivity contribution >= 4 is 17.5 Å². The molecule has 0 radical (unpaired) electrons. The molecule has 1 amide bonds. The van der Waals surface area contributed by atoms with E-state index in [2.05, 4.69) is 25.4 Å². The topological polar surface area (TPSA) is 96.2 Å². The highest BCUT2D eigenvalue weighted by Crippen LogP contribution is 2.17. The molecular formula is C19H25N7O2. The molecule has 2 aliphatic heterocycles. The maximum atomic E-state index is 12.5. The first-order valence-electron chi connectivity index (χ1n) is 9.78. The highest BCUT2D eigenvalue weighted by molar-refractivity contribution is 5.92. The highest BCUT2D eigenvalue weighted by Gasteiger charge is 2.24. The van der Waals surface area contributed by atoms with Gasteiger partial charge < -0.3 is 19.7 Å². The summed E-state index contributed by atoms with van der Waals surface area (Å²) in [6.45, 7) is 3.35. The van der Waals surface area contributed by atoms with E-state index in [9.17, 15) is 9.59 Å². The van der Waals surface area contributed by atoms with E-state index in [1.54, 1.807) is 25.5 Å². The number of amides is 1. The average molecular weight is 383 g/mol. The number of rotatable bonds is 4. The van der Waals surface area contributed by atoms with Gasteiger partial charge in [-0.2, -0.15) is 0 Å². The van der Waals surface area contributed by atoms with Crippen LogP contribution in [0.15, 0.2) is 29.3 Å². The molecule has 0 bridgehead atoms. The number of carbonyl (C=O) groups is 1. The van der Waals surface area contributed by atoms with Crippen LogP contribution in [0.1, 0.15) is 36.2 Å². The van der Waals surface area contributed by atoms with Gasteiger partial charge in [0.2, 0.25) is 0 Å². The van der Waals surface area contributed by atoms with Crippen LogP contribution in [0.5, 0.6) is 0 Å². The lowest BCUT2D eigenvalue weighted by molar-refractivity contribution is 0.0925. The molecule has 0 unspecified atom stereocenters. The second-order valence-corrected chi connectivity index (χ2v) is 7.37. The van der Waals surface area contributed by atoms with E-state index in [-0.39, 0.29) is 17.5 Å². The van der Waals surface area contributed by atoms with Crippen molar-refractivity contribution in [3.05, 3.63) is 40.6 Å². The Balaban J connectivity index is 1.32. The molecule has 0 atom stereocenters. The third-order valence-corrected chi connectivity index (χ3v) is 5.44. The van der Waals surface area contributed by atoms with Crippen molar-refractivity contribution in [3.63, 3.8) is 0 Å². The molecule has 4 rings (SSSR count). The number of anilines is 2. The van der Waals surface area contributed by atoms with Crippen LogP contribution in [0.4, 0.5) is 11.6 Å². The Labute approximate surface area is 163 Å². The molecule has 2 saturated heterocycles. The van der Waals surface area contributed by atoms with E-state index in [4.69, 9.17) is 0 Å². The normalized spacial score (nSPS) is 17.8. The lowest BCUT2D eigenvalue weighted by atomic mass is 10.0. The molecule has 0 aromatic carbocycles. The fourth-order valence-electron chi connectivity index (χ4n) is 3.76. The average Bonchev–Trinajstić information content (AvgIpc) is 3.26. The highest BCUT2D eigenvalue weighted by atomic mass is 16.2. The molecule has 4 heterocycles. The van der Waals surface area contributed by atoms with Crippen LogP contribution in [-0.2, 0) is 7.05 Å². The number of nitrogens with zero attached hydrogens (tertiary/aromatic N) is 6. The number of aromatic nitrogens is 4. The molecular weight excluding hydrogens is 358 g/mol. The van der Waals surface area contributed by atoms with Crippen LogP contribution in [0.2, 0.25) is 0 Å². The van der Waals surface area contributed by atoms with Crippen LogP contribution in [0, 0.1) is 0 Å². The van der Waals surface area contributed by atoms with Gasteiger partial charge in [-0.15, -0.1) is 10.2 Å². The molecule has 2 aromatic rings. The van der Waals surface area contributed by atoms with Gasteiger partial charge in [0.1, 0.15) is 0 Å². The molecule has 0 saturated carbocycles. The van der Waals surface area contributed by atoms with Crippen molar-refractivity contribution in [2.24, 2.45) is 7.05 Å². The number of carbonyl (C=O) groups excluding carboxylic acids is 1. The summed E-state index contributed by atoms with van der Waals surface area (Å²) < 4.78 is 1.53. The summed E-state index contributed by atoms with van der Waals surface area (Å²) in [5.74, 6) is 1.10. The zero-order chi connectivity index (χ0) is 19.5. The number of aryl methyl sites for hydroxylation is 1. The third-order valence-electron chi connectivity index (χ3n) is 5.44. The fraction of sp³-hybridized carbons (Fsp3) is 0.526. The van der Waals surface area contributed by atoms with Gasteiger partial charge in [0, 0.05) is 51.7 Å². The zero-order valence-corrected chi connectivity index (χ0v) is 16.0. The van der Waals surface area contributed by atoms with Crippen molar-refractivity contribution in [1.82, 2.24) is 25.1 Å². The predicted octanol–water partition coefficient (Wildman–Crippen LogP) is 0.569. The van der Waals surface area contributed by atoms with Crippen molar-refractivity contribution in [2.45, 2.75) is 31.7 Å². The minimum absolute atomic E-state index is 0.0522. The van der Waals surface area contributed by atoms with Crippen molar-refractivity contribution < 1.29 is 4.79 Å². The Bertz CT molecular complexity index is 882. The second-order valence-electron chi connectivity index (χ2n) is 7.37. The number of piperidine rings is 1. The standard InChI is InChI=1S/C19H25N7O2/c1-24-13-8-20-17(19(24)28)26-11-6-14(7-12-26)21-18(27)15-4-5-16(23-22-15)25-9-2-3-10-25/h4-5,8,13-14H,2-3,6-7,9-12H2,1H3,(H,21,27). The molecule has 9 heteroatoms. The predicted molar refractivity (Wildman–Crippen MR) is 106 cm³/mol. The van der Waals surface area contributed by atoms with Crippen molar-refractivity contribution in [2.75, 3.05) is 36.0 Å². The maximum absolute atomic E-state index is 12.5. The second kappa shape index (κ2) is 7.95. The maximum Gasteiger partial charge on any atom is 0.293 e. The first-order chi connectivity index (χ1) is 13.6. The van der Waals surface area contributed by atoms with Crippen molar-refractivity contribution in [3.8, 4) is 0 Å². The molecule has 2 fully saturated rings. The number of hydrogen-bond donors (Lipinski definition) is 1. The van der Waals surface area contributed by atoms with Crippen LogP contribution in [-0.4, -0.2) is 57.9 Å². The molecule has 1 N–H and O–H groups in total. The summed E-state index contributed by atoms with van der Waals surface area (Å²) in [7, 11) is 1.72. The van der Waals surface area contributed by atoms with Crippen LogP contribution in [0.25, 0.3) is 0 Å². The van der Waals surface area contributed by atoms with Gasteiger partial charge >= 0.3 is 0 Å². The van der Waals surface area contributed by atoms with Gasteiger partial charge in [0.15, 0.2) is 17.3 Å². The monoisotopic (exact) mass is 383 g/mol. The Morgan fingerprint density at radius 2 is 1.82 bits per heavy atom. The van der Waals surface area contributed by atoms with E-state index in [0.717, 1.165) is 31.7 Å². The SMILES string of the molecule is Cn1ccnc(N2CCC(NC(=O)c3ccc(N4CCCC4)nn3)CC2)c1=O. The fourth-order valence-corrected chi connectivity index (χ4v) is 3.76. The van der Waals surface area contributed by atoms with Crippen LogP contribution >= 0.6 is 0 Å². The Hall–Kier alpha value is -2.97. The number of hydrogen-bond acceptors (Lipinski definition) is 7.